The molecule has 1 aromatic carbocycles. The molecule has 1 fully saturated rings. The summed E-state index contributed by atoms with van der Waals surface area (Å²) in [4.78, 5) is 4.49. The Kier molecular flexibility index (Phi) is 6.05. The van der Waals surface area contributed by atoms with Crippen LogP contribution in [0, 0.1) is 11.3 Å². The smallest absolute Gasteiger partial charge is 0.122 e. The van der Waals surface area contributed by atoms with Crippen LogP contribution in [0.2, 0.25) is 0 Å². The van der Waals surface area contributed by atoms with Gasteiger partial charge in [-0.2, -0.15) is 5.26 Å². The first-order chi connectivity index (χ1) is 10.7. The Bertz CT molecular complexity index is 516. The van der Waals surface area contributed by atoms with Gasteiger partial charge in [0.25, 0.3) is 0 Å². The summed E-state index contributed by atoms with van der Waals surface area (Å²) in [6, 6.07) is 8.09. The Labute approximate surface area is 133 Å². The number of benzene rings is 1. The predicted molar refractivity (Wildman–Crippen MR) is 89.1 cm³/mol. The summed E-state index contributed by atoms with van der Waals surface area (Å²) in [5.74, 6) is 0.295. The van der Waals surface area contributed by atoms with Gasteiger partial charge < -0.3 is 15.3 Å². The zero-order valence-electron chi connectivity index (χ0n) is 13.5. The number of nitriles is 1. The third-order valence-electron chi connectivity index (χ3n) is 4.38. The highest BCUT2D eigenvalue weighted by atomic mass is 16.3. The van der Waals surface area contributed by atoms with Crippen LogP contribution >= 0.6 is 0 Å². The van der Waals surface area contributed by atoms with E-state index >= 15 is 0 Å². The van der Waals surface area contributed by atoms with Crippen molar-refractivity contribution in [1.82, 2.24) is 10.2 Å². The van der Waals surface area contributed by atoms with Crippen LogP contribution in [0.3, 0.4) is 0 Å². The Hall–Kier alpha value is -1.77. The predicted octanol–water partition coefficient (Wildman–Crippen LogP) is 2.10. The number of rotatable bonds is 6. The van der Waals surface area contributed by atoms with Gasteiger partial charge in [0.15, 0.2) is 0 Å². The fourth-order valence-electron chi connectivity index (χ4n) is 3.12. The van der Waals surface area contributed by atoms with E-state index in [0.29, 0.717) is 12.2 Å². The van der Waals surface area contributed by atoms with E-state index in [-0.39, 0.29) is 6.04 Å². The zero-order chi connectivity index (χ0) is 15.9. The molecule has 1 aromatic rings. The normalized spacial score (nSPS) is 17.0. The summed E-state index contributed by atoms with van der Waals surface area (Å²) in [5.41, 5.74) is 1.89. The maximum atomic E-state index is 10.5. The van der Waals surface area contributed by atoms with Gasteiger partial charge >= 0.3 is 0 Å². The second kappa shape index (κ2) is 8.02. The second-order valence-electron chi connectivity index (χ2n) is 5.58. The molecule has 0 unspecified atom stereocenters. The fourth-order valence-corrected chi connectivity index (χ4v) is 3.12. The highest BCUT2D eigenvalue weighted by Crippen LogP contribution is 2.34. The van der Waals surface area contributed by atoms with E-state index in [4.69, 9.17) is 5.26 Å². The molecule has 0 aromatic heterocycles. The first-order valence-corrected chi connectivity index (χ1v) is 8.10. The number of phenols is 1. The first-order valence-electron chi connectivity index (χ1n) is 8.10. The van der Waals surface area contributed by atoms with Crippen molar-refractivity contribution in [2.24, 2.45) is 0 Å². The maximum absolute atomic E-state index is 10.5. The molecule has 0 aliphatic carbocycles. The lowest BCUT2D eigenvalue weighted by molar-refractivity contribution is 0.173. The van der Waals surface area contributed by atoms with Gasteiger partial charge in [-0.05, 0) is 19.9 Å². The van der Waals surface area contributed by atoms with E-state index in [0.717, 1.165) is 50.5 Å². The average Bonchev–Trinajstić information content (AvgIpc) is 2.55. The van der Waals surface area contributed by atoms with Gasteiger partial charge in [-0.25, -0.2) is 0 Å². The van der Waals surface area contributed by atoms with E-state index in [9.17, 15) is 5.11 Å². The Balaban J connectivity index is 2.26. The van der Waals surface area contributed by atoms with Gasteiger partial charge in [-0.15, -0.1) is 0 Å². The van der Waals surface area contributed by atoms with Crippen LogP contribution in [-0.4, -0.2) is 49.3 Å². The second-order valence-corrected chi connectivity index (χ2v) is 5.58. The van der Waals surface area contributed by atoms with Gasteiger partial charge in [-0.3, -0.25) is 4.90 Å². The molecule has 22 heavy (non-hydrogen) atoms. The number of piperazine rings is 1. The average molecular weight is 302 g/mol. The molecule has 1 atom stereocenters. The lowest BCUT2D eigenvalue weighted by atomic mass is 10.00. The van der Waals surface area contributed by atoms with Crippen molar-refractivity contribution >= 4 is 5.69 Å². The van der Waals surface area contributed by atoms with Crippen LogP contribution in [0.5, 0.6) is 5.75 Å². The molecule has 1 heterocycles. The summed E-state index contributed by atoms with van der Waals surface area (Å²) in [6.45, 7) is 9.71. The minimum absolute atomic E-state index is 0.0298. The number of nitrogens with zero attached hydrogens (tertiary/aromatic N) is 3. The molecular weight excluding hydrogens is 276 g/mol. The van der Waals surface area contributed by atoms with Crippen LogP contribution in [0.15, 0.2) is 18.2 Å². The lowest BCUT2D eigenvalue weighted by Gasteiger charge is -2.34. The quantitative estimate of drug-likeness (QED) is 0.842. The van der Waals surface area contributed by atoms with Crippen LogP contribution in [0.4, 0.5) is 5.69 Å². The van der Waals surface area contributed by atoms with Crippen molar-refractivity contribution < 1.29 is 5.11 Å². The van der Waals surface area contributed by atoms with Gasteiger partial charge in [-0.1, -0.05) is 6.07 Å². The topological polar surface area (TPSA) is 62.5 Å². The number of anilines is 1. The van der Waals surface area contributed by atoms with Crippen LogP contribution in [0.1, 0.15) is 31.9 Å². The summed E-state index contributed by atoms with van der Waals surface area (Å²) >= 11 is 0. The van der Waals surface area contributed by atoms with Gasteiger partial charge in [0.1, 0.15) is 5.75 Å². The monoisotopic (exact) mass is 302 g/mol. The van der Waals surface area contributed by atoms with Crippen molar-refractivity contribution in [2.45, 2.75) is 26.3 Å². The van der Waals surface area contributed by atoms with Crippen molar-refractivity contribution in [3.05, 3.63) is 23.8 Å². The van der Waals surface area contributed by atoms with Crippen molar-refractivity contribution in [2.75, 3.05) is 44.2 Å². The Morgan fingerprint density at radius 2 is 2.00 bits per heavy atom. The molecule has 0 radical (unpaired) electrons. The number of phenolic OH excluding ortho intramolecular Hbond substituents is 1. The highest BCUT2D eigenvalue weighted by molar-refractivity contribution is 5.54. The summed E-state index contributed by atoms with van der Waals surface area (Å²) in [5, 5.41) is 23.0. The number of hydrogen-bond donors (Lipinski definition) is 2. The summed E-state index contributed by atoms with van der Waals surface area (Å²) in [6.07, 6.45) is 0.401. The fraction of sp³-hybridized carbons (Fsp3) is 0.588. The minimum atomic E-state index is -0.0298. The van der Waals surface area contributed by atoms with Gasteiger partial charge in [0.2, 0.25) is 0 Å². The number of hydrogen-bond acceptors (Lipinski definition) is 5. The highest BCUT2D eigenvalue weighted by Gasteiger charge is 2.24. The van der Waals surface area contributed by atoms with Crippen molar-refractivity contribution in [3.63, 3.8) is 0 Å². The standard InChI is InChI=1S/C17H26N4O/c1-3-20(4-2)14-5-6-15(17(22)13-14)16(7-8-18)21-11-9-19-10-12-21/h5-6,13,16,19,22H,3-4,7,9-12H2,1-2H3/t16-/m1/s1. The molecule has 2 N–H and O–H groups in total. The van der Waals surface area contributed by atoms with Crippen LogP contribution < -0.4 is 10.2 Å². The molecule has 0 spiro atoms. The SMILES string of the molecule is CCN(CC)c1ccc([C@@H](CC#N)N2CCNCC2)c(O)c1. The molecular formula is C17H26N4O. The zero-order valence-corrected chi connectivity index (χ0v) is 13.5. The van der Waals surface area contributed by atoms with Crippen LogP contribution in [0.25, 0.3) is 0 Å². The summed E-state index contributed by atoms with van der Waals surface area (Å²) < 4.78 is 0. The number of aromatic hydroxyl groups is 1. The molecule has 5 heteroatoms. The van der Waals surface area contributed by atoms with Gasteiger partial charge in [0, 0.05) is 56.6 Å². The van der Waals surface area contributed by atoms with E-state index in [1.54, 1.807) is 0 Å². The molecule has 5 nitrogen and oxygen atoms in total. The Morgan fingerprint density at radius 1 is 1.32 bits per heavy atom. The third kappa shape index (κ3) is 3.70. The van der Waals surface area contributed by atoms with E-state index in [2.05, 4.69) is 41.1 Å². The van der Waals surface area contributed by atoms with E-state index < -0.39 is 0 Å². The number of nitrogens with one attached hydrogen (secondary N) is 1. The molecule has 120 valence electrons. The third-order valence-corrected chi connectivity index (χ3v) is 4.38. The first kappa shape index (κ1) is 16.6. The largest absolute Gasteiger partial charge is 0.508 e. The minimum Gasteiger partial charge on any atom is -0.508 e. The van der Waals surface area contributed by atoms with Crippen LogP contribution in [-0.2, 0) is 0 Å². The van der Waals surface area contributed by atoms with Crippen molar-refractivity contribution in [1.29, 1.82) is 5.26 Å². The molecule has 2 rings (SSSR count). The van der Waals surface area contributed by atoms with E-state index in [1.165, 1.54) is 0 Å². The molecule has 1 saturated heterocycles. The van der Waals surface area contributed by atoms with Crippen molar-refractivity contribution in [3.8, 4) is 11.8 Å². The molecule has 1 aliphatic heterocycles. The molecule has 0 amide bonds. The maximum Gasteiger partial charge on any atom is 0.122 e. The molecule has 0 bridgehead atoms. The Morgan fingerprint density at radius 3 is 2.55 bits per heavy atom. The molecule has 0 saturated carbocycles. The lowest BCUT2D eigenvalue weighted by Crippen LogP contribution is -2.45. The molecule has 1 aliphatic rings. The summed E-state index contributed by atoms with van der Waals surface area (Å²) in [7, 11) is 0. The van der Waals surface area contributed by atoms with Gasteiger partial charge in [0.05, 0.1) is 18.5 Å². The van der Waals surface area contributed by atoms with E-state index in [1.807, 2.05) is 12.1 Å².